The number of carbonyl (C=O) groups is 4. The molecule has 0 fully saturated rings. The molecule has 0 saturated carbocycles. The van der Waals surface area contributed by atoms with Crippen LogP contribution >= 0.6 is 11.3 Å². The van der Waals surface area contributed by atoms with Crippen LogP contribution in [0.1, 0.15) is 55.7 Å². The standard InChI is InChI=1S/C19H22N4O6S/c1-9-13(18(26)28-3)17(30-14(9)19(27)29-4)22-16(25)15(24)21-11-6-5-7-12-10(11)8-20-23(12)2/h8,11H,5-7H2,1-4H3,(H,21,24)(H,22,25). The second-order valence-corrected chi connectivity index (χ2v) is 7.81. The number of hydrogen-bond donors (Lipinski definition) is 2. The summed E-state index contributed by atoms with van der Waals surface area (Å²) < 4.78 is 11.2. The van der Waals surface area contributed by atoms with Crippen LogP contribution in [-0.4, -0.2) is 47.8 Å². The third-order valence-electron chi connectivity index (χ3n) is 5.02. The summed E-state index contributed by atoms with van der Waals surface area (Å²) in [4.78, 5) is 49.3. The largest absolute Gasteiger partial charge is 0.465 e. The van der Waals surface area contributed by atoms with Gasteiger partial charge in [0.15, 0.2) is 0 Å². The number of nitrogens with one attached hydrogen (secondary N) is 2. The van der Waals surface area contributed by atoms with Crippen molar-refractivity contribution in [1.29, 1.82) is 0 Å². The van der Waals surface area contributed by atoms with Crippen molar-refractivity contribution in [2.75, 3.05) is 19.5 Å². The molecule has 0 aromatic carbocycles. The third-order valence-corrected chi connectivity index (χ3v) is 6.21. The van der Waals surface area contributed by atoms with E-state index in [4.69, 9.17) is 9.47 Å². The van der Waals surface area contributed by atoms with E-state index >= 15 is 0 Å². The quantitative estimate of drug-likeness (QED) is 0.551. The molecule has 30 heavy (non-hydrogen) atoms. The van der Waals surface area contributed by atoms with Gasteiger partial charge in [-0.25, -0.2) is 9.59 Å². The summed E-state index contributed by atoms with van der Waals surface area (Å²) >= 11 is 0.846. The topological polar surface area (TPSA) is 129 Å². The van der Waals surface area contributed by atoms with Gasteiger partial charge in [-0.2, -0.15) is 5.10 Å². The highest BCUT2D eigenvalue weighted by atomic mass is 32.1. The number of anilines is 1. The van der Waals surface area contributed by atoms with E-state index in [0.717, 1.165) is 35.4 Å². The van der Waals surface area contributed by atoms with Crippen LogP contribution in [0.5, 0.6) is 0 Å². The predicted molar refractivity (Wildman–Crippen MR) is 107 cm³/mol. The molecule has 0 radical (unpaired) electrons. The Morgan fingerprint density at radius 3 is 2.53 bits per heavy atom. The first-order valence-electron chi connectivity index (χ1n) is 9.21. The average Bonchev–Trinajstić information content (AvgIpc) is 3.27. The second-order valence-electron chi connectivity index (χ2n) is 6.79. The maximum Gasteiger partial charge on any atom is 0.348 e. The molecule has 10 nitrogen and oxygen atoms in total. The Balaban J connectivity index is 1.79. The fourth-order valence-corrected chi connectivity index (χ4v) is 4.58. The summed E-state index contributed by atoms with van der Waals surface area (Å²) in [6.45, 7) is 1.54. The van der Waals surface area contributed by atoms with Crippen LogP contribution in [-0.2, 0) is 32.5 Å². The number of nitrogens with zero attached hydrogens (tertiary/aromatic N) is 2. The Hall–Kier alpha value is -3.21. The zero-order valence-electron chi connectivity index (χ0n) is 17.0. The van der Waals surface area contributed by atoms with E-state index in [-0.39, 0.29) is 21.5 Å². The number of thiophene rings is 1. The van der Waals surface area contributed by atoms with Gasteiger partial charge in [-0.05, 0) is 31.7 Å². The molecule has 3 rings (SSSR count). The molecule has 0 bridgehead atoms. The third kappa shape index (κ3) is 3.92. The number of hydrogen-bond acceptors (Lipinski definition) is 8. The fourth-order valence-electron chi connectivity index (χ4n) is 3.48. The fraction of sp³-hybridized carbons (Fsp3) is 0.421. The Morgan fingerprint density at radius 1 is 1.17 bits per heavy atom. The lowest BCUT2D eigenvalue weighted by Crippen LogP contribution is -2.39. The molecule has 2 amide bonds. The van der Waals surface area contributed by atoms with Gasteiger partial charge in [-0.15, -0.1) is 11.3 Å². The molecule has 2 aromatic heterocycles. The average molecular weight is 434 g/mol. The maximum absolute atomic E-state index is 12.5. The zero-order valence-corrected chi connectivity index (χ0v) is 17.8. The van der Waals surface area contributed by atoms with Crippen LogP contribution in [0.15, 0.2) is 6.20 Å². The molecule has 1 atom stereocenters. The molecule has 2 heterocycles. The van der Waals surface area contributed by atoms with Crippen molar-refractivity contribution in [3.8, 4) is 0 Å². The van der Waals surface area contributed by atoms with E-state index < -0.39 is 23.8 Å². The summed E-state index contributed by atoms with van der Waals surface area (Å²) in [7, 11) is 4.23. The molecule has 160 valence electrons. The van der Waals surface area contributed by atoms with Gasteiger partial charge in [0.25, 0.3) is 0 Å². The monoisotopic (exact) mass is 434 g/mol. The van der Waals surface area contributed by atoms with Crippen LogP contribution in [0.2, 0.25) is 0 Å². The van der Waals surface area contributed by atoms with Crippen molar-refractivity contribution in [1.82, 2.24) is 15.1 Å². The molecular weight excluding hydrogens is 412 g/mol. The number of amides is 2. The van der Waals surface area contributed by atoms with Crippen molar-refractivity contribution in [3.63, 3.8) is 0 Å². The van der Waals surface area contributed by atoms with Gasteiger partial charge < -0.3 is 20.1 Å². The first kappa shape index (κ1) is 21.5. The predicted octanol–water partition coefficient (Wildman–Crippen LogP) is 1.50. The number of rotatable bonds is 4. The van der Waals surface area contributed by atoms with Gasteiger partial charge in [0.1, 0.15) is 9.88 Å². The number of aryl methyl sites for hydroxylation is 1. The summed E-state index contributed by atoms with van der Waals surface area (Å²) in [5, 5.41) is 9.41. The van der Waals surface area contributed by atoms with E-state index in [1.165, 1.54) is 21.1 Å². The maximum atomic E-state index is 12.5. The number of esters is 2. The SMILES string of the molecule is COC(=O)c1sc(NC(=O)C(=O)NC2CCCc3c2cnn3C)c(C(=O)OC)c1C. The van der Waals surface area contributed by atoms with Crippen LogP contribution in [0.25, 0.3) is 0 Å². The smallest absolute Gasteiger partial charge is 0.348 e. The van der Waals surface area contributed by atoms with Crippen molar-refractivity contribution >= 4 is 40.1 Å². The Morgan fingerprint density at radius 2 is 1.87 bits per heavy atom. The number of carbonyl (C=O) groups excluding carboxylic acids is 4. The zero-order chi connectivity index (χ0) is 22.0. The number of fused-ring (bicyclic) bond motifs is 1. The second kappa shape index (κ2) is 8.66. The van der Waals surface area contributed by atoms with Crippen molar-refractivity contribution < 1.29 is 28.7 Å². The summed E-state index contributed by atoms with van der Waals surface area (Å²) in [6, 6.07) is -0.323. The lowest BCUT2D eigenvalue weighted by Gasteiger charge is -2.23. The highest BCUT2D eigenvalue weighted by Crippen LogP contribution is 2.34. The van der Waals surface area contributed by atoms with Gasteiger partial charge in [0.05, 0.1) is 32.0 Å². The van der Waals surface area contributed by atoms with E-state index in [0.29, 0.717) is 12.0 Å². The lowest BCUT2D eigenvalue weighted by molar-refractivity contribution is -0.136. The number of methoxy groups -OCH3 is 2. The van der Waals surface area contributed by atoms with Crippen molar-refractivity contribution in [2.45, 2.75) is 32.2 Å². The molecule has 0 aliphatic heterocycles. The van der Waals surface area contributed by atoms with Crippen LogP contribution in [0, 0.1) is 6.92 Å². The van der Waals surface area contributed by atoms with E-state index in [1.54, 1.807) is 10.9 Å². The Bertz CT molecular complexity index is 1020. The van der Waals surface area contributed by atoms with Gasteiger partial charge in [-0.1, -0.05) is 0 Å². The summed E-state index contributed by atoms with van der Waals surface area (Å²) in [5.74, 6) is -3.19. The number of aromatic nitrogens is 2. The Labute approximate surface area is 176 Å². The molecule has 1 aliphatic rings. The lowest BCUT2D eigenvalue weighted by atomic mass is 9.93. The molecule has 0 spiro atoms. The van der Waals surface area contributed by atoms with E-state index in [9.17, 15) is 19.2 Å². The molecule has 1 aliphatic carbocycles. The van der Waals surface area contributed by atoms with Crippen LogP contribution in [0.4, 0.5) is 5.00 Å². The van der Waals surface area contributed by atoms with Crippen LogP contribution in [0.3, 0.4) is 0 Å². The molecular formula is C19H22N4O6S. The highest BCUT2D eigenvalue weighted by molar-refractivity contribution is 7.18. The Kier molecular flexibility index (Phi) is 6.20. The first-order chi connectivity index (χ1) is 14.3. The molecule has 2 aromatic rings. The van der Waals surface area contributed by atoms with Gasteiger partial charge in [0, 0.05) is 18.3 Å². The molecule has 0 saturated heterocycles. The van der Waals surface area contributed by atoms with E-state index in [2.05, 4.69) is 15.7 Å². The van der Waals surface area contributed by atoms with Crippen molar-refractivity contribution in [3.05, 3.63) is 33.5 Å². The summed E-state index contributed by atoms with van der Waals surface area (Å²) in [6.07, 6.45) is 4.10. The minimum absolute atomic E-state index is 0.0104. The number of ether oxygens (including phenoxy) is 2. The summed E-state index contributed by atoms with van der Waals surface area (Å²) in [5.41, 5.74) is 2.23. The molecule has 11 heteroatoms. The van der Waals surface area contributed by atoms with Gasteiger partial charge in [0.2, 0.25) is 0 Å². The first-order valence-corrected chi connectivity index (χ1v) is 10.0. The minimum atomic E-state index is -0.950. The van der Waals surface area contributed by atoms with Crippen molar-refractivity contribution in [2.24, 2.45) is 7.05 Å². The molecule has 1 unspecified atom stereocenters. The van der Waals surface area contributed by atoms with Gasteiger partial charge >= 0.3 is 23.8 Å². The minimum Gasteiger partial charge on any atom is -0.465 e. The van der Waals surface area contributed by atoms with Crippen LogP contribution < -0.4 is 10.6 Å². The normalized spacial score (nSPS) is 15.1. The molecule has 2 N–H and O–H groups in total. The van der Waals surface area contributed by atoms with E-state index in [1.807, 2.05) is 7.05 Å². The highest BCUT2D eigenvalue weighted by Gasteiger charge is 2.30. The van der Waals surface area contributed by atoms with Gasteiger partial charge in [-0.3, -0.25) is 14.3 Å².